The molecule has 1 unspecified atom stereocenters. The zero-order valence-electron chi connectivity index (χ0n) is 8.38. The summed E-state index contributed by atoms with van der Waals surface area (Å²) in [5.41, 5.74) is 0. The number of amides is 1. The first-order valence-electron chi connectivity index (χ1n) is 4.96. The van der Waals surface area contributed by atoms with Crippen LogP contribution in [0.3, 0.4) is 0 Å². The molecule has 1 aliphatic heterocycles. The second-order valence-electron chi connectivity index (χ2n) is 3.12. The van der Waals surface area contributed by atoms with Crippen LogP contribution in [-0.4, -0.2) is 36.9 Å². The lowest BCUT2D eigenvalue weighted by Crippen LogP contribution is -2.53. The largest absolute Gasteiger partial charge is 0.450 e. The Morgan fingerprint density at radius 3 is 3.00 bits per heavy atom. The maximum atomic E-state index is 11.4. The average Bonchev–Trinajstić information content (AvgIpc) is 2.18. The Morgan fingerprint density at radius 2 is 2.38 bits per heavy atom. The number of nitrogens with zero attached hydrogens (tertiary/aromatic N) is 1. The Balaban J connectivity index is 2.48. The van der Waals surface area contributed by atoms with Crippen molar-refractivity contribution in [3.63, 3.8) is 0 Å². The van der Waals surface area contributed by atoms with Gasteiger partial charge in [0.15, 0.2) is 0 Å². The summed E-state index contributed by atoms with van der Waals surface area (Å²) < 4.78 is 4.96. The highest BCUT2D eigenvalue weighted by Crippen LogP contribution is 2.09. The van der Waals surface area contributed by atoms with E-state index in [1.165, 1.54) is 0 Å². The molecule has 1 aliphatic rings. The summed E-state index contributed by atoms with van der Waals surface area (Å²) in [4.78, 5) is 13.2. The summed E-state index contributed by atoms with van der Waals surface area (Å²) in [5.74, 6) is 0. The number of nitrogens with one attached hydrogen (secondary N) is 1. The summed E-state index contributed by atoms with van der Waals surface area (Å²) in [6.07, 6.45) is 1.91. The molecule has 1 fully saturated rings. The van der Waals surface area contributed by atoms with Gasteiger partial charge in [-0.05, 0) is 26.3 Å². The molecule has 1 rings (SSSR count). The smallest absolute Gasteiger partial charge is 0.411 e. The fourth-order valence-corrected chi connectivity index (χ4v) is 1.57. The van der Waals surface area contributed by atoms with Gasteiger partial charge in [-0.2, -0.15) is 0 Å². The molecule has 0 bridgehead atoms. The number of carbonyl (C=O) groups is 1. The molecule has 0 aromatic heterocycles. The number of hydrogen-bond acceptors (Lipinski definition) is 3. The molecule has 1 heterocycles. The van der Waals surface area contributed by atoms with Crippen LogP contribution >= 0.6 is 0 Å². The van der Waals surface area contributed by atoms with E-state index in [0.29, 0.717) is 6.61 Å². The van der Waals surface area contributed by atoms with Crippen molar-refractivity contribution in [1.82, 2.24) is 10.2 Å². The molecular weight excluding hydrogens is 168 g/mol. The fourth-order valence-electron chi connectivity index (χ4n) is 1.57. The van der Waals surface area contributed by atoms with Crippen LogP contribution in [0.15, 0.2) is 0 Å². The highest BCUT2D eigenvalue weighted by Gasteiger charge is 2.25. The van der Waals surface area contributed by atoms with E-state index >= 15 is 0 Å². The lowest BCUT2D eigenvalue weighted by molar-refractivity contribution is 0.0696. The third-order valence-corrected chi connectivity index (χ3v) is 2.22. The molecule has 0 saturated carbocycles. The third-order valence-electron chi connectivity index (χ3n) is 2.22. The SMILES string of the molecule is CCOC(=O)N1CCCNC1CC. The van der Waals surface area contributed by atoms with Crippen LogP contribution < -0.4 is 5.32 Å². The quantitative estimate of drug-likeness (QED) is 0.704. The highest BCUT2D eigenvalue weighted by molar-refractivity contribution is 5.68. The molecule has 0 radical (unpaired) electrons. The molecule has 4 nitrogen and oxygen atoms in total. The van der Waals surface area contributed by atoms with Gasteiger partial charge < -0.3 is 4.74 Å². The summed E-state index contributed by atoms with van der Waals surface area (Å²) in [6, 6.07) is 0. The Morgan fingerprint density at radius 1 is 1.62 bits per heavy atom. The van der Waals surface area contributed by atoms with Crippen molar-refractivity contribution >= 4 is 6.09 Å². The van der Waals surface area contributed by atoms with Gasteiger partial charge in [0.2, 0.25) is 0 Å². The lowest BCUT2D eigenvalue weighted by Gasteiger charge is -2.34. The summed E-state index contributed by atoms with van der Waals surface area (Å²) in [7, 11) is 0. The molecule has 0 spiro atoms. The standard InChI is InChI=1S/C9H18N2O2/c1-3-8-10-6-5-7-11(8)9(12)13-4-2/h8,10H,3-7H2,1-2H3. The fraction of sp³-hybridized carbons (Fsp3) is 0.889. The maximum Gasteiger partial charge on any atom is 0.411 e. The first-order chi connectivity index (χ1) is 6.29. The highest BCUT2D eigenvalue weighted by atomic mass is 16.6. The van der Waals surface area contributed by atoms with Crippen LogP contribution in [-0.2, 0) is 4.74 Å². The van der Waals surface area contributed by atoms with E-state index in [9.17, 15) is 4.79 Å². The predicted molar refractivity (Wildman–Crippen MR) is 50.4 cm³/mol. The molecule has 0 aromatic carbocycles. The zero-order chi connectivity index (χ0) is 9.68. The summed E-state index contributed by atoms with van der Waals surface area (Å²) in [6.45, 7) is 6.15. The average molecular weight is 186 g/mol. The normalized spacial score (nSPS) is 22.9. The van der Waals surface area contributed by atoms with Crippen LogP contribution in [0.2, 0.25) is 0 Å². The van der Waals surface area contributed by atoms with Crippen molar-refractivity contribution in [3.8, 4) is 0 Å². The van der Waals surface area contributed by atoms with Crippen LogP contribution in [0.4, 0.5) is 4.79 Å². The minimum absolute atomic E-state index is 0.160. The molecule has 0 aromatic rings. The van der Waals surface area contributed by atoms with Gasteiger partial charge in [-0.1, -0.05) is 6.92 Å². The Bertz CT molecular complexity index is 173. The van der Waals surface area contributed by atoms with Gasteiger partial charge in [-0.15, -0.1) is 0 Å². The second-order valence-corrected chi connectivity index (χ2v) is 3.12. The first-order valence-corrected chi connectivity index (χ1v) is 4.96. The number of ether oxygens (including phenoxy) is 1. The van der Waals surface area contributed by atoms with E-state index < -0.39 is 0 Å². The minimum Gasteiger partial charge on any atom is -0.450 e. The van der Waals surface area contributed by atoms with Crippen LogP contribution in [0, 0.1) is 0 Å². The van der Waals surface area contributed by atoms with E-state index in [2.05, 4.69) is 12.2 Å². The Labute approximate surface area is 79.2 Å². The van der Waals surface area contributed by atoms with Gasteiger partial charge in [0.05, 0.1) is 12.8 Å². The third kappa shape index (κ3) is 2.59. The predicted octanol–water partition coefficient (Wildman–Crippen LogP) is 1.17. The minimum atomic E-state index is -0.193. The molecule has 4 heteroatoms. The summed E-state index contributed by atoms with van der Waals surface area (Å²) in [5, 5.41) is 3.28. The van der Waals surface area contributed by atoms with E-state index in [1.54, 1.807) is 4.90 Å². The van der Waals surface area contributed by atoms with Gasteiger partial charge >= 0.3 is 6.09 Å². The zero-order valence-corrected chi connectivity index (χ0v) is 8.38. The maximum absolute atomic E-state index is 11.4. The van der Waals surface area contributed by atoms with Gasteiger partial charge in [0, 0.05) is 6.54 Å². The molecule has 1 N–H and O–H groups in total. The van der Waals surface area contributed by atoms with Crippen molar-refractivity contribution < 1.29 is 9.53 Å². The van der Waals surface area contributed by atoms with Crippen LogP contribution in [0.25, 0.3) is 0 Å². The first kappa shape index (κ1) is 10.3. The molecule has 13 heavy (non-hydrogen) atoms. The van der Waals surface area contributed by atoms with Crippen molar-refractivity contribution in [2.45, 2.75) is 32.9 Å². The van der Waals surface area contributed by atoms with Gasteiger partial charge in [-0.3, -0.25) is 10.2 Å². The Hall–Kier alpha value is -0.770. The summed E-state index contributed by atoms with van der Waals surface area (Å²) >= 11 is 0. The van der Waals surface area contributed by atoms with Crippen molar-refractivity contribution in [2.75, 3.05) is 19.7 Å². The monoisotopic (exact) mass is 186 g/mol. The van der Waals surface area contributed by atoms with Gasteiger partial charge in [0.25, 0.3) is 0 Å². The molecule has 1 amide bonds. The van der Waals surface area contributed by atoms with Crippen LogP contribution in [0.5, 0.6) is 0 Å². The lowest BCUT2D eigenvalue weighted by atomic mass is 10.2. The molecule has 1 saturated heterocycles. The number of carbonyl (C=O) groups excluding carboxylic acids is 1. The van der Waals surface area contributed by atoms with Crippen molar-refractivity contribution in [3.05, 3.63) is 0 Å². The number of hydrogen-bond donors (Lipinski definition) is 1. The van der Waals surface area contributed by atoms with E-state index in [1.807, 2.05) is 6.92 Å². The number of rotatable bonds is 2. The second kappa shape index (κ2) is 5.07. The van der Waals surface area contributed by atoms with Gasteiger partial charge in [0.1, 0.15) is 0 Å². The van der Waals surface area contributed by atoms with Gasteiger partial charge in [-0.25, -0.2) is 4.79 Å². The topological polar surface area (TPSA) is 41.6 Å². The Kier molecular flexibility index (Phi) is 4.02. The van der Waals surface area contributed by atoms with Crippen molar-refractivity contribution in [1.29, 1.82) is 0 Å². The van der Waals surface area contributed by atoms with Crippen molar-refractivity contribution in [2.24, 2.45) is 0 Å². The van der Waals surface area contributed by atoms with E-state index in [-0.39, 0.29) is 12.3 Å². The van der Waals surface area contributed by atoms with E-state index in [4.69, 9.17) is 4.74 Å². The van der Waals surface area contributed by atoms with Crippen LogP contribution in [0.1, 0.15) is 26.7 Å². The van der Waals surface area contributed by atoms with E-state index in [0.717, 1.165) is 25.9 Å². The molecule has 0 aliphatic carbocycles. The molecule has 1 atom stereocenters. The molecule has 76 valence electrons. The molecular formula is C9H18N2O2.